The van der Waals surface area contributed by atoms with E-state index in [1.165, 1.54) is 22.7 Å². The molecule has 1 amide bonds. The lowest BCUT2D eigenvalue weighted by molar-refractivity contribution is -0.137. The van der Waals surface area contributed by atoms with Gasteiger partial charge in [-0.3, -0.25) is 4.79 Å². The standard InChI is InChI=1S/C18H18F3N3OS/c19-18(20,21)14-2-1-6-22-16(14)23-7-3-13(11-23)17(25)24-8-4-15-12(10-24)5-9-26-15/h1-2,5-6,9,13H,3-4,7-8,10-11H2. The maximum Gasteiger partial charge on any atom is 0.419 e. The molecular formula is C18H18F3N3OS. The lowest BCUT2D eigenvalue weighted by atomic mass is 10.0. The molecule has 0 aliphatic carbocycles. The van der Waals surface area contributed by atoms with Gasteiger partial charge in [0, 0.05) is 37.3 Å². The summed E-state index contributed by atoms with van der Waals surface area (Å²) in [5.41, 5.74) is 0.447. The molecule has 26 heavy (non-hydrogen) atoms. The van der Waals surface area contributed by atoms with Gasteiger partial charge < -0.3 is 9.80 Å². The fourth-order valence-corrected chi connectivity index (χ4v) is 4.61. The van der Waals surface area contributed by atoms with E-state index in [2.05, 4.69) is 4.98 Å². The molecule has 0 radical (unpaired) electrons. The number of hydrogen-bond acceptors (Lipinski definition) is 4. The highest BCUT2D eigenvalue weighted by Gasteiger charge is 2.39. The number of hydrogen-bond donors (Lipinski definition) is 0. The molecule has 0 spiro atoms. The molecule has 2 aromatic heterocycles. The molecule has 1 fully saturated rings. The summed E-state index contributed by atoms with van der Waals surface area (Å²) >= 11 is 1.71. The van der Waals surface area contributed by atoms with Gasteiger partial charge in [0.15, 0.2) is 0 Å². The van der Waals surface area contributed by atoms with Crippen LogP contribution >= 0.6 is 11.3 Å². The first-order chi connectivity index (χ1) is 12.4. The van der Waals surface area contributed by atoms with E-state index >= 15 is 0 Å². The van der Waals surface area contributed by atoms with Crippen LogP contribution in [0.15, 0.2) is 29.8 Å². The van der Waals surface area contributed by atoms with Crippen molar-refractivity contribution in [2.75, 3.05) is 24.5 Å². The number of pyridine rings is 1. The van der Waals surface area contributed by atoms with Crippen LogP contribution in [-0.4, -0.2) is 35.4 Å². The zero-order chi connectivity index (χ0) is 18.3. The van der Waals surface area contributed by atoms with E-state index < -0.39 is 11.7 Å². The molecule has 4 nitrogen and oxygen atoms in total. The SMILES string of the molecule is O=C(C1CCN(c2ncccc2C(F)(F)F)C1)N1CCc2sccc2C1. The summed E-state index contributed by atoms with van der Waals surface area (Å²) < 4.78 is 39.7. The topological polar surface area (TPSA) is 36.4 Å². The van der Waals surface area contributed by atoms with Gasteiger partial charge in [-0.1, -0.05) is 0 Å². The zero-order valence-corrected chi connectivity index (χ0v) is 14.8. The number of anilines is 1. The van der Waals surface area contributed by atoms with Gasteiger partial charge in [0.05, 0.1) is 11.5 Å². The summed E-state index contributed by atoms with van der Waals surface area (Å²) in [4.78, 5) is 21.5. The molecule has 0 N–H and O–H groups in total. The van der Waals surface area contributed by atoms with Crippen molar-refractivity contribution in [2.45, 2.75) is 25.6 Å². The molecule has 0 saturated carbocycles. The molecule has 0 bridgehead atoms. The second kappa shape index (κ2) is 6.57. The van der Waals surface area contributed by atoms with E-state index in [1.807, 2.05) is 16.3 Å². The van der Waals surface area contributed by atoms with E-state index in [-0.39, 0.29) is 24.2 Å². The third-order valence-corrected chi connectivity index (χ3v) is 6.07. The molecule has 1 saturated heterocycles. The smallest absolute Gasteiger partial charge is 0.355 e. The van der Waals surface area contributed by atoms with Gasteiger partial charge in [0.1, 0.15) is 5.82 Å². The maximum absolute atomic E-state index is 13.2. The molecule has 2 aromatic rings. The highest BCUT2D eigenvalue weighted by molar-refractivity contribution is 7.10. The van der Waals surface area contributed by atoms with E-state index in [0.717, 1.165) is 12.5 Å². The number of alkyl halides is 3. The van der Waals surface area contributed by atoms with Crippen molar-refractivity contribution < 1.29 is 18.0 Å². The highest BCUT2D eigenvalue weighted by atomic mass is 32.1. The second-order valence-corrected chi connectivity index (χ2v) is 7.68. The quantitative estimate of drug-likeness (QED) is 0.798. The van der Waals surface area contributed by atoms with E-state index in [9.17, 15) is 18.0 Å². The molecule has 2 aliphatic heterocycles. The third-order valence-electron chi connectivity index (χ3n) is 5.05. The summed E-state index contributed by atoms with van der Waals surface area (Å²) in [6.07, 6.45) is -1.68. The van der Waals surface area contributed by atoms with Gasteiger partial charge in [-0.05, 0) is 42.0 Å². The van der Waals surface area contributed by atoms with Crippen LogP contribution < -0.4 is 4.90 Å². The summed E-state index contributed by atoms with van der Waals surface area (Å²) in [6.45, 7) is 1.98. The predicted molar refractivity (Wildman–Crippen MR) is 93.0 cm³/mol. The van der Waals surface area contributed by atoms with Gasteiger partial charge >= 0.3 is 6.18 Å². The Morgan fingerprint density at radius 1 is 1.27 bits per heavy atom. The lowest BCUT2D eigenvalue weighted by Crippen LogP contribution is -2.40. The van der Waals surface area contributed by atoms with Crippen molar-refractivity contribution in [3.63, 3.8) is 0 Å². The highest BCUT2D eigenvalue weighted by Crippen LogP contribution is 2.37. The van der Waals surface area contributed by atoms with Gasteiger partial charge in [0.25, 0.3) is 0 Å². The molecule has 4 heterocycles. The number of halogens is 3. The molecule has 2 aliphatic rings. The number of nitrogens with zero attached hydrogens (tertiary/aromatic N) is 3. The van der Waals surface area contributed by atoms with Crippen molar-refractivity contribution in [3.05, 3.63) is 45.8 Å². The molecule has 1 unspecified atom stereocenters. The van der Waals surface area contributed by atoms with Crippen LogP contribution in [0.3, 0.4) is 0 Å². The van der Waals surface area contributed by atoms with Crippen LogP contribution in [0.2, 0.25) is 0 Å². The number of aromatic nitrogens is 1. The second-order valence-electron chi connectivity index (χ2n) is 6.68. The first-order valence-corrected chi connectivity index (χ1v) is 9.42. The van der Waals surface area contributed by atoms with Crippen LogP contribution in [0, 0.1) is 5.92 Å². The van der Waals surface area contributed by atoms with Gasteiger partial charge in [-0.25, -0.2) is 4.98 Å². The van der Waals surface area contributed by atoms with Crippen LogP contribution in [0.5, 0.6) is 0 Å². The van der Waals surface area contributed by atoms with Gasteiger partial charge in [-0.15, -0.1) is 11.3 Å². The summed E-state index contributed by atoms with van der Waals surface area (Å²) in [7, 11) is 0. The summed E-state index contributed by atoms with van der Waals surface area (Å²) in [5.74, 6) is -0.318. The van der Waals surface area contributed by atoms with Crippen molar-refractivity contribution >= 4 is 23.1 Å². The van der Waals surface area contributed by atoms with Crippen LogP contribution in [0.4, 0.5) is 19.0 Å². The first-order valence-electron chi connectivity index (χ1n) is 8.54. The van der Waals surface area contributed by atoms with Crippen LogP contribution in [-0.2, 0) is 23.9 Å². The summed E-state index contributed by atoms with van der Waals surface area (Å²) in [5, 5.41) is 2.04. The van der Waals surface area contributed by atoms with Gasteiger partial charge in [0.2, 0.25) is 5.91 Å². The lowest BCUT2D eigenvalue weighted by Gasteiger charge is -2.29. The monoisotopic (exact) mass is 381 g/mol. The number of amides is 1. The Balaban J connectivity index is 1.47. The minimum absolute atomic E-state index is 0.0360. The van der Waals surface area contributed by atoms with Crippen molar-refractivity contribution in [1.29, 1.82) is 0 Å². The first kappa shape index (κ1) is 17.3. The minimum atomic E-state index is -4.45. The molecular weight excluding hydrogens is 363 g/mol. The van der Waals surface area contributed by atoms with Crippen molar-refractivity contribution in [3.8, 4) is 0 Å². The maximum atomic E-state index is 13.2. The minimum Gasteiger partial charge on any atom is -0.355 e. The Kier molecular flexibility index (Phi) is 4.38. The number of rotatable bonds is 2. The zero-order valence-electron chi connectivity index (χ0n) is 14.0. The Labute approximate surface area is 153 Å². The fraction of sp³-hybridized carbons (Fsp3) is 0.444. The number of fused-ring (bicyclic) bond motifs is 1. The fourth-order valence-electron chi connectivity index (χ4n) is 3.72. The number of carbonyl (C=O) groups excluding carboxylic acids is 1. The van der Waals surface area contributed by atoms with Gasteiger partial charge in [-0.2, -0.15) is 13.2 Å². The Morgan fingerprint density at radius 3 is 2.92 bits per heavy atom. The Hall–Kier alpha value is -2.09. The van der Waals surface area contributed by atoms with Crippen molar-refractivity contribution in [2.24, 2.45) is 5.92 Å². The number of thiophene rings is 1. The van der Waals surface area contributed by atoms with E-state index in [1.54, 1.807) is 16.2 Å². The predicted octanol–water partition coefficient (Wildman–Crippen LogP) is 3.57. The molecule has 0 aromatic carbocycles. The molecule has 8 heteroatoms. The molecule has 1 atom stereocenters. The molecule has 4 rings (SSSR count). The average molecular weight is 381 g/mol. The van der Waals surface area contributed by atoms with E-state index in [0.29, 0.717) is 26.1 Å². The Morgan fingerprint density at radius 2 is 2.12 bits per heavy atom. The largest absolute Gasteiger partial charge is 0.419 e. The van der Waals surface area contributed by atoms with Crippen LogP contribution in [0.25, 0.3) is 0 Å². The average Bonchev–Trinajstić information content (AvgIpc) is 3.29. The van der Waals surface area contributed by atoms with E-state index in [4.69, 9.17) is 0 Å². The molecule has 138 valence electrons. The summed E-state index contributed by atoms with van der Waals surface area (Å²) in [6, 6.07) is 4.38. The van der Waals surface area contributed by atoms with Crippen molar-refractivity contribution in [1.82, 2.24) is 9.88 Å². The number of carbonyl (C=O) groups is 1. The Bertz CT molecular complexity index is 820. The van der Waals surface area contributed by atoms with Crippen LogP contribution in [0.1, 0.15) is 22.4 Å². The third kappa shape index (κ3) is 3.18. The normalized spacial score (nSPS) is 20.3.